The molecule has 1 N–H and O–H groups in total. The van der Waals surface area contributed by atoms with E-state index in [9.17, 15) is 5.11 Å². The number of fused-ring (bicyclic) bond motifs is 1. The van der Waals surface area contributed by atoms with Crippen molar-refractivity contribution in [3.8, 4) is 5.06 Å². The van der Waals surface area contributed by atoms with Gasteiger partial charge in [-0.2, -0.15) is 0 Å². The zero-order valence-corrected chi connectivity index (χ0v) is 10.3. The van der Waals surface area contributed by atoms with Crippen LogP contribution in [-0.4, -0.2) is 5.11 Å². The molecule has 1 aromatic heterocycles. The molecule has 0 saturated heterocycles. The standard InChI is InChI=1S/C11H11BrOS/c1-2-7-3-4-8-5-10(13)14-11(8)9(7)6-12/h3-5,13H,2,6H2,1H3. The van der Waals surface area contributed by atoms with Crippen molar-refractivity contribution >= 4 is 37.4 Å². The van der Waals surface area contributed by atoms with Crippen molar-refractivity contribution in [2.24, 2.45) is 0 Å². The average molecular weight is 271 g/mol. The number of rotatable bonds is 2. The minimum absolute atomic E-state index is 0.399. The van der Waals surface area contributed by atoms with E-state index >= 15 is 0 Å². The number of benzene rings is 1. The predicted molar refractivity (Wildman–Crippen MR) is 65.5 cm³/mol. The molecule has 0 unspecified atom stereocenters. The van der Waals surface area contributed by atoms with E-state index in [1.807, 2.05) is 6.07 Å². The van der Waals surface area contributed by atoms with Gasteiger partial charge in [0, 0.05) is 10.0 Å². The van der Waals surface area contributed by atoms with Crippen LogP contribution in [0.15, 0.2) is 18.2 Å². The largest absolute Gasteiger partial charge is 0.499 e. The second-order valence-corrected chi connectivity index (χ2v) is 4.78. The van der Waals surface area contributed by atoms with E-state index in [0.29, 0.717) is 5.06 Å². The zero-order chi connectivity index (χ0) is 10.1. The van der Waals surface area contributed by atoms with E-state index in [0.717, 1.165) is 17.1 Å². The molecule has 0 spiro atoms. The number of thiophene rings is 1. The summed E-state index contributed by atoms with van der Waals surface area (Å²) in [5.74, 6) is 0. The summed E-state index contributed by atoms with van der Waals surface area (Å²) in [6.07, 6.45) is 1.04. The van der Waals surface area contributed by atoms with Crippen LogP contribution in [0.1, 0.15) is 18.1 Å². The summed E-state index contributed by atoms with van der Waals surface area (Å²) in [4.78, 5) is 0. The second kappa shape index (κ2) is 3.91. The highest BCUT2D eigenvalue weighted by Crippen LogP contribution is 2.35. The van der Waals surface area contributed by atoms with Crippen LogP contribution in [0.2, 0.25) is 0 Å². The summed E-state index contributed by atoms with van der Waals surface area (Å²) in [7, 11) is 0. The SMILES string of the molecule is CCc1ccc2cc(O)sc2c1CBr. The normalized spacial score (nSPS) is 11.0. The first kappa shape index (κ1) is 9.99. The molecule has 2 rings (SSSR count). The van der Waals surface area contributed by atoms with Crippen molar-refractivity contribution in [3.05, 3.63) is 29.3 Å². The Morgan fingerprint density at radius 1 is 1.43 bits per heavy atom. The minimum atomic E-state index is 0.399. The quantitative estimate of drug-likeness (QED) is 0.816. The monoisotopic (exact) mass is 270 g/mol. The van der Waals surface area contributed by atoms with Crippen molar-refractivity contribution in [1.29, 1.82) is 0 Å². The Balaban J connectivity index is 2.75. The highest BCUT2D eigenvalue weighted by atomic mass is 79.9. The lowest BCUT2D eigenvalue weighted by atomic mass is 10.0. The Hall–Kier alpha value is -0.540. The lowest BCUT2D eigenvalue weighted by Gasteiger charge is -2.05. The number of alkyl halides is 1. The fraction of sp³-hybridized carbons (Fsp3) is 0.273. The van der Waals surface area contributed by atoms with Crippen LogP contribution in [0.3, 0.4) is 0 Å². The molecule has 0 aliphatic heterocycles. The van der Waals surface area contributed by atoms with E-state index in [1.165, 1.54) is 27.2 Å². The van der Waals surface area contributed by atoms with E-state index in [2.05, 4.69) is 35.0 Å². The summed E-state index contributed by atoms with van der Waals surface area (Å²) in [6.45, 7) is 2.15. The molecule has 2 aromatic rings. The molecular weight excluding hydrogens is 260 g/mol. The van der Waals surface area contributed by atoms with E-state index in [-0.39, 0.29) is 0 Å². The maximum absolute atomic E-state index is 9.44. The van der Waals surface area contributed by atoms with Crippen molar-refractivity contribution in [1.82, 2.24) is 0 Å². The maximum Gasteiger partial charge on any atom is 0.172 e. The maximum atomic E-state index is 9.44. The summed E-state index contributed by atoms with van der Waals surface area (Å²) in [6, 6.07) is 6.05. The van der Waals surface area contributed by atoms with Gasteiger partial charge in [-0.15, -0.1) is 0 Å². The molecular formula is C11H11BrOS. The number of hydrogen-bond acceptors (Lipinski definition) is 2. The molecule has 0 fully saturated rings. The predicted octanol–water partition coefficient (Wildman–Crippen LogP) is 4.06. The van der Waals surface area contributed by atoms with Gasteiger partial charge in [0.2, 0.25) is 0 Å². The van der Waals surface area contributed by atoms with Gasteiger partial charge in [0.1, 0.15) is 0 Å². The van der Waals surface area contributed by atoms with Crippen LogP contribution in [0.4, 0.5) is 0 Å². The zero-order valence-electron chi connectivity index (χ0n) is 7.88. The Morgan fingerprint density at radius 2 is 2.21 bits per heavy atom. The molecule has 14 heavy (non-hydrogen) atoms. The second-order valence-electron chi connectivity index (χ2n) is 3.19. The average Bonchev–Trinajstić information content (AvgIpc) is 2.56. The van der Waals surface area contributed by atoms with Gasteiger partial charge in [0.25, 0.3) is 0 Å². The van der Waals surface area contributed by atoms with Crippen molar-refractivity contribution in [2.75, 3.05) is 0 Å². The summed E-state index contributed by atoms with van der Waals surface area (Å²) < 4.78 is 1.21. The third-order valence-corrected chi connectivity index (χ3v) is 3.96. The van der Waals surface area contributed by atoms with Crippen molar-refractivity contribution in [2.45, 2.75) is 18.7 Å². The van der Waals surface area contributed by atoms with Gasteiger partial charge in [0.15, 0.2) is 5.06 Å². The molecule has 0 aliphatic carbocycles. The third-order valence-electron chi connectivity index (χ3n) is 2.39. The highest BCUT2D eigenvalue weighted by Gasteiger charge is 2.08. The van der Waals surface area contributed by atoms with Crippen molar-refractivity contribution < 1.29 is 5.11 Å². The summed E-state index contributed by atoms with van der Waals surface area (Å²) in [5, 5.41) is 11.8. The Kier molecular flexibility index (Phi) is 2.79. The topological polar surface area (TPSA) is 20.2 Å². The molecule has 0 amide bonds. The molecule has 1 aromatic carbocycles. The molecule has 0 atom stereocenters. The van der Waals surface area contributed by atoms with Gasteiger partial charge in [0.05, 0.1) is 0 Å². The first-order valence-corrected chi connectivity index (χ1v) is 6.49. The Bertz CT molecular complexity index is 462. The molecule has 0 aliphatic rings. The number of hydrogen-bond donors (Lipinski definition) is 1. The summed E-state index contributed by atoms with van der Waals surface area (Å²) in [5.41, 5.74) is 2.67. The Morgan fingerprint density at radius 3 is 2.86 bits per heavy atom. The lowest BCUT2D eigenvalue weighted by molar-refractivity contribution is 0.491. The van der Waals surface area contributed by atoms with Crippen molar-refractivity contribution in [3.63, 3.8) is 0 Å². The van der Waals surface area contributed by atoms with Gasteiger partial charge in [-0.05, 0) is 29.0 Å². The molecule has 0 radical (unpaired) electrons. The van der Waals surface area contributed by atoms with E-state index < -0.39 is 0 Å². The first-order chi connectivity index (χ1) is 6.76. The summed E-state index contributed by atoms with van der Waals surface area (Å²) >= 11 is 4.96. The minimum Gasteiger partial charge on any atom is -0.499 e. The van der Waals surface area contributed by atoms with Crippen LogP contribution >= 0.6 is 27.3 Å². The fourth-order valence-electron chi connectivity index (χ4n) is 1.67. The lowest BCUT2D eigenvalue weighted by Crippen LogP contribution is -1.88. The molecule has 0 saturated carbocycles. The van der Waals surface area contributed by atoms with Crippen LogP contribution in [-0.2, 0) is 11.8 Å². The first-order valence-electron chi connectivity index (χ1n) is 4.55. The van der Waals surface area contributed by atoms with Gasteiger partial charge >= 0.3 is 0 Å². The highest BCUT2D eigenvalue weighted by molar-refractivity contribution is 9.08. The van der Waals surface area contributed by atoms with Crippen LogP contribution in [0, 0.1) is 0 Å². The third kappa shape index (κ3) is 1.55. The van der Waals surface area contributed by atoms with Gasteiger partial charge < -0.3 is 5.11 Å². The fourth-order valence-corrected chi connectivity index (χ4v) is 3.46. The van der Waals surface area contributed by atoms with E-state index in [4.69, 9.17) is 0 Å². The van der Waals surface area contributed by atoms with Crippen LogP contribution < -0.4 is 0 Å². The number of halogens is 1. The number of aryl methyl sites for hydroxylation is 1. The molecule has 74 valence electrons. The molecule has 1 heterocycles. The van der Waals surface area contributed by atoms with Gasteiger partial charge in [-0.25, -0.2) is 0 Å². The molecule has 0 bridgehead atoms. The van der Waals surface area contributed by atoms with Gasteiger partial charge in [-0.3, -0.25) is 0 Å². The molecule has 3 heteroatoms. The van der Waals surface area contributed by atoms with Gasteiger partial charge in [-0.1, -0.05) is 46.3 Å². The van der Waals surface area contributed by atoms with Crippen LogP contribution in [0.25, 0.3) is 10.1 Å². The van der Waals surface area contributed by atoms with E-state index in [1.54, 1.807) is 0 Å². The Labute approximate surface area is 95.5 Å². The number of aromatic hydroxyl groups is 1. The smallest absolute Gasteiger partial charge is 0.172 e. The van der Waals surface area contributed by atoms with Crippen LogP contribution in [0.5, 0.6) is 5.06 Å². The molecule has 1 nitrogen and oxygen atoms in total.